The van der Waals surface area contributed by atoms with E-state index in [9.17, 15) is 0 Å². The summed E-state index contributed by atoms with van der Waals surface area (Å²) in [6.07, 6.45) is 2.80. The molecule has 0 spiro atoms. The lowest BCUT2D eigenvalue weighted by atomic mass is 9.84. The van der Waals surface area contributed by atoms with Crippen molar-refractivity contribution in [1.82, 2.24) is 0 Å². The van der Waals surface area contributed by atoms with Gasteiger partial charge in [-0.2, -0.15) is 0 Å². The number of hydrogen-bond acceptors (Lipinski definition) is 4. The lowest BCUT2D eigenvalue weighted by molar-refractivity contribution is 0.259. The molecule has 33 heavy (non-hydrogen) atoms. The Kier molecular flexibility index (Phi) is 7.23. The smallest absolute Gasteiger partial charge is 0.150 e. The highest BCUT2D eigenvalue weighted by Crippen LogP contribution is 2.49. The number of hydrogen-bond donors (Lipinski definition) is 0. The molecule has 0 aliphatic carbocycles. The Morgan fingerprint density at radius 1 is 0.818 bits per heavy atom. The Morgan fingerprint density at radius 2 is 1.55 bits per heavy atom. The van der Waals surface area contributed by atoms with Gasteiger partial charge in [0.2, 0.25) is 0 Å². The molecule has 4 nitrogen and oxygen atoms in total. The summed E-state index contributed by atoms with van der Waals surface area (Å²) in [6.45, 7) is 5.09. The van der Waals surface area contributed by atoms with Crippen molar-refractivity contribution in [2.45, 2.75) is 39.2 Å². The number of unbranched alkanes of at least 4 members (excludes halogenated alkanes) is 1. The van der Waals surface area contributed by atoms with E-state index in [0.29, 0.717) is 0 Å². The van der Waals surface area contributed by atoms with Gasteiger partial charge in [0.1, 0.15) is 29.1 Å². The van der Waals surface area contributed by atoms with Crippen LogP contribution in [0.3, 0.4) is 0 Å². The van der Waals surface area contributed by atoms with Crippen LogP contribution in [0.15, 0.2) is 66.7 Å². The Labute approximate surface area is 196 Å². The zero-order chi connectivity index (χ0) is 23.2. The fourth-order valence-electron chi connectivity index (χ4n) is 4.27. The van der Waals surface area contributed by atoms with Crippen molar-refractivity contribution in [2.24, 2.45) is 0 Å². The molecule has 1 atom stereocenters. The van der Waals surface area contributed by atoms with E-state index in [1.807, 2.05) is 36.4 Å². The molecule has 0 N–H and O–H groups in total. The molecule has 4 rings (SSSR count). The number of fused-ring (bicyclic) bond motifs is 1. The minimum atomic E-state index is -0.238. The zero-order valence-electron chi connectivity index (χ0n) is 19.9. The van der Waals surface area contributed by atoms with Crippen molar-refractivity contribution >= 4 is 11.1 Å². The largest absolute Gasteiger partial charge is 0.497 e. The first-order valence-corrected chi connectivity index (χ1v) is 11.6. The summed E-state index contributed by atoms with van der Waals surface area (Å²) in [5.74, 6) is 3.40. The highest BCUT2D eigenvalue weighted by atomic mass is 16.5. The fourth-order valence-corrected chi connectivity index (χ4v) is 4.27. The summed E-state index contributed by atoms with van der Waals surface area (Å²) in [7, 11) is 3.39. The molecule has 0 fully saturated rings. The van der Waals surface area contributed by atoms with Gasteiger partial charge in [0.15, 0.2) is 0 Å². The van der Waals surface area contributed by atoms with Crippen LogP contribution in [0.5, 0.6) is 23.0 Å². The molecule has 0 amide bonds. The topological polar surface area (TPSA) is 36.9 Å². The average molecular weight is 445 g/mol. The summed E-state index contributed by atoms with van der Waals surface area (Å²) < 4.78 is 23.5. The number of rotatable bonds is 9. The van der Waals surface area contributed by atoms with Crippen LogP contribution in [0, 0.1) is 0 Å². The Hall–Kier alpha value is -3.40. The van der Waals surface area contributed by atoms with Crippen LogP contribution >= 0.6 is 0 Å². The van der Waals surface area contributed by atoms with E-state index >= 15 is 0 Å². The van der Waals surface area contributed by atoms with Crippen molar-refractivity contribution in [1.29, 1.82) is 0 Å². The molecular weight excluding hydrogens is 412 g/mol. The highest BCUT2D eigenvalue weighted by molar-refractivity contribution is 5.96. The number of benzene rings is 3. The number of ether oxygens (including phenoxy) is 4. The maximum Gasteiger partial charge on any atom is 0.150 e. The van der Waals surface area contributed by atoms with Gasteiger partial charge >= 0.3 is 0 Å². The molecule has 1 aliphatic heterocycles. The minimum absolute atomic E-state index is 0.238. The molecule has 1 unspecified atom stereocenters. The third-order valence-corrected chi connectivity index (χ3v) is 6.03. The van der Waals surface area contributed by atoms with Crippen LogP contribution < -0.4 is 18.9 Å². The van der Waals surface area contributed by atoms with Gasteiger partial charge in [-0.1, -0.05) is 44.5 Å². The predicted octanol–water partition coefficient (Wildman–Crippen LogP) is 7.34. The quantitative estimate of drug-likeness (QED) is 0.324. The van der Waals surface area contributed by atoms with Crippen molar-refractivity contribution in [2.75, 3.05) is 20.8 Å². The molecule has 172 valence electrons. The Morgan fingerprint density at radius 3 is 2.24 bits per heavy atom. The van der Waals surface area contributed by atoms with E-state index in [2.05, 4.69) is 44.2 Å². The third-order valence-electron chi connectivity index (χ3n) is 6.03. The standard InChI is InChI=1S/C29H32O4/c1-5-7-17-32-22-13-11-20(12-14-22)29-28(21-9-8-10-23(18-21)30-3)25(6-2)26-19-24(31-4)15-16-27(26)33-29/h8-16,18-19,29H,5-7,17H2,1-4H3. The van der Waals surface area contributed by atoms with Gasteiger partial charge in [0.05, 0.1) is 20.8 Å². The van der Waals surface area contributed by atoms with Gasteiger partial charge in [-0.3, -0.25) is 0 Å². The first kappa shape index (κ1) is 22.8. The van der Waals surface area contributed by atoms with Crippen LogP contribution in [0.4, 0.5) is 0 Å². The average Bonchev–Trinajstić information content (AvgIpc) is 2.87. The van der Waals surface area contributed by atoms with Gasteiger partial charge in [-0.15, -0.1) is 0 Å². The first-order chi connectivity index (χ1) is 16.2. The summed E-state index contributed by atoms with van der Waals surface area (Å²) >= 11 is 0. The van der Waals surface area contributed by atoms with Crippen molar-refractivity contribution in [3.8, 4) is 23.0 Å². The van der Waals surface area contributed by atoms with Crippen molar-refractivity contribution in [3.05, 3.63) is 83.4 Å². The minimum Gasteiger partial charge on any atom is -0.497 e. The fraction of sp³-hybridized carbons (Fsp3) is 0.310. The van der Waals surface area contributed by atoms with Crippen LogP contribution in [-0.4, -0.2) is 20.8 Å². The lowest BCUT2D eigenvalue weighted by Gasteiger charge is -2.32. The molecule has 4 heteroatoms. The molecule has 0 radical (unpaired) electrons. The van der Waals surface area contributed by atoms with E-state index in [1.54, 1.807) is 14.2 Å². The molecule has 3 aromatic rings. The van der Waals surface area contributed by atoms with E-state index in [0.717, 1.165) is 71.1 Å². The van der Waals surface area contributed by atoms with Crippen molar-refractivity contribution < 1.29 is 18.9 Å². The second-order valence-electron chi connectivity index (χ2n) is 8.11. The second kappa shape index (κ2) is 10.5. The summed E-state index contributed by atoms with van der Waals surface area (Å²) in [5.41, 5.74) is 5.65. The predicted molar refractivity (Wildman–Crippen MR) is 133 cm³/mol. The number of methoxy groups -OCH3 is 2. The van der Waals surface area contributed by atoms with E-state index in [-0.39, 0.29) is 6.10 Å². The third kappa shape index (κ3) is 4.85. The van der Waals surface area contributed by atoms with Crippen LogP contribution in [-0.2, 0) is 0 Å². The van der Waals surface area contributed by atoms with Gasteiger partial charge < -0.3 is 18.9 Å². The molecule has 0 aromatic heterocycles. The molecule has 1 heterocycles. The molecule has 0 saturated carbocycles. The monoisotopic (exact) mass is 444 g/mol. The molecule has 1 aliphatic rings. The van der Waals surface area contributed by atoms with E-state index in [1.165, 1.54) is 5.57 Å². The van der Waals surface area contributed by atoms with Gasteiger partial charge in [0.25, 0.3) is 0 Å². The Balaban J connectivity index is 1.81. The van der Waals surface area contributed by atoms with Gasteiger partial charge in [-0.25, -0.2) is 0 Å². The molecule has 0 saturated heterocycles. The van der Waals surface area contributed by atoms with Gasteiger partial charge in [0, 0.05) is 11.1 Å². The van der Waals surface area contributed by atoms with Crippen LogP contribution in [0.2, 0.25) is 0 Å². The molecular formula is C29H32O4. The zero-order valence-corrected chi connectivity index (χ0v) is 19.9. The van der Waals surface area contributed by atoms with Gasteiger partial charge in [-0.05, 0) is 72.0 Å². The summed E-state index contributed by atoms with van der Waals surface area (Å²) in [6, 6.07) is 22.5. The van der Waals surface area contributed by atoms with Crippen LogP contribution in [0.1, 0.15) is 55.9 Å². The number of allylic oxidation sites excluding steroid dienone is 1. The SMILES string of the molecule is CCCCOc1ccc(C2Oc3ccc(OC)cc3C(CC)=C2c2cccc(OC)c2)cc1. The van der Waals surface area contributed by atoms with E-state index < -0.39 is 0 Å². The molecule has 0 bridgehead atoms. The first-order valence-electron chi connectivity index (χ1n) is 11.6. The summed E-state index contributed by atoms with van der Waals surface area (Å²) in [4.78, 5) is 0. The summed E-state index contributed by atoms with van der Waals surface area (Å²) in [5, 5.41) is 0. The normalized spacial score (nSPS) is 15.0. The van der Waals surface area contributed by atoms with E-state index in [4.69, 9.17) is 18.9 Å². The maximum atomic E-state index is 6.63. The lowest BCUT2D eigenvalue weighted by Crippen LogP contribution is -2.17. The maximum absolute atomic E-state index is 6.63. The van der Waals surface area contributed by atoms with Crippen molar-refractivity contribution in [3.63, 3.8) is 0 Å². The molecule has 3 aromatic carbocycles. The highest BCUT2D eigenvalue weighted by Gasteiger charge is 2.31. The second-order valence-corrected chi connectivity index (χ2v) is 8.11. The van der Waals surface area contributed by atoms with Crippen LogP contribution in [0.25, 0.3) is 11.1 Å². The Bertz CT molecular complexity index is 1110.